The van der Waals surface area contributed by atoms with E-state index in [1.54, 1.807) is 6.07 Å². The summed E-state index contributed by atoms with van der Waals surface area (Å²) in [5, 5.41) is 8.96. The molecule has 0 saturated carbocycles. The van der Waals surface area contributed by atoms with Gasteiger partial charge in [-0.25, -0.2) is 0 Å². The lowest BCUT2D eigenvalue weighted by Crippen LogP contribution is -2.26. The summed E-state index contributed by atoms with van der Waals surface area (Å²) in [6.45, 7) is 6.25. The van der Waals surface area contributed by atoms with E-state index in [1.165, 1.54) is 25.9 Å². The van der Waals surface area contributed by atoms with Crippen LogP contribution >= 0.6 is 0 Å². The number of hydrogen-bond donors (Lipinski definition) is 0. The van der Waals surface area contributed by atoms with Gasteiger partial charge in [-0.05, 0) is 31.0 Å². The van der Waals surface area contributed by atoms with Crippen molar-refractivity contribution in [3.8, 4) is 11.8 Å². The molecule has 0 N–H and O–H groups in total. The van der Waals surface area contributed by atoms with Crippen LogP contribution in [0.3, 0.4) is 0 Å². The van der Waals surface area contributed by atoms with Crippen LogP contribution < -0.4 is 4.74 Å². The fourth-order valence-corrected chi connectivity index (χ4v) is 2.42. The van der Waals surface area contributed by atoms with Gasteiger partial charge in [0.25, 0.3) is 0 Å². The number of hydrogen-bond acceptors (Lipinski definition) is 3. The Balaban J connectivity index is 1.77. The van der Waals surface area contributed by atoms with Crippen LogP contribution in [0.5, 0.6) is 5.75 Å². The van der Waals surface area contributed by atoms with Gasteiger partial charge in [0.05, 0.1) is 5.56 Å². The second-order valence-electron chi connectivity index (χ2n) is 4.82. The van der Waals surface area contributed by atoms with Crippen molar-refractivity contribution in [2.45, 2.75) is 19.8 Å². The van der Waals surface area contributed by atoms with E-state index in [0.29, 0.717) is 17.9 Å². The minimum Gasteiger partial charge on any atom is -0.491 e. The molecular weight excluding hydrogens is 224 g/mol. The number of nitriles is 1. The molecule has 1 aromatic carbocycles. The summed E-state index contributed by atoms with van der Waals surface area (Å²) in [5.74, 6) is 1.56. The number of ether oxygens (including phenoxy) is 1. The molecule has 1 atom stereocenters. The van der Waals surface area contributed by atoms with Crippen molar-refractivity contribution in [2.75, 3.05) is 26.2 Å². The lowest BCUT2D eigenvalue weighted by molar-refractivity contribution is 0.232. The van der Waals surface area contributed by atoms with E-state index in [-0.39, 0.29) is 0 Å². The monoisotopic (exact) mass is 244 g/mol. The Kier molecular flexibility index (Phi) is 4.60. The number of rotatable bonds is 5. The quantitative estimate of drug-likeness (QED) is 0.799. The lowest BCUT2D eigenvalue weighted by atomic mass is 10.1. The molecule has 0 radical (unpaired) electrons. The lowest BCUT2D eigenvalue weighted by Gasteiger charge is -2.16. The highest BCUT2D eigenvalue weighted by molar-refractivity contribution is 5.42. The van der Waals surface area contributed by atoms with E-state index in [2.05, 4.69) is 17.9 Å². The second kappa shape index (κ2) is 6.42. The fraction of sp³-hybridized carbons (Fsp3) is 0.533. The van der Waals surface area contributed by atoms with Gasteiger partial charge in [0.15, 0.2) is 0 Å². The van der Waals surface area contributed by atoms with Crippen molar-refractivity contribution in [2.24, 2.45) is 5.92 Å². The first kappa shape index (κ1) is 12.9. The van der Waals surface area contributed by atoms with E-state index in [0.717, 1.165) is 12.5 Å². The molecule has 1 aliphatic heterocycles. The number of benzene rings is 1. The Morgan fingerprint density at radius 3 is 3.00 bits per heavy atom. The summed E-state index contributed by atoms with van der Waals surface area (Å²) < 4.78 is 5.69. The van der Waals surface area contributed by atoms with Crippen LogP contribution in [0.2, 0.25) is 0 Å². The summed E-state index contributed by atoms with van der Waals surface area (Å²) in [4.78, 5) is 2.45. The standard InChI is InChI=1S/C15H20N2O/c1-2-13-7-8-17(12-13)9-10-18-15-6-4-3-5-14(15)11-16/h3-6,13H,2,7-10,12H2,1H3. The van der Waals surface area contributed by atoms with E-state index in [9.17, 15) is 0 Å². The zero-order valence-electron chi connectivity index (χ0n) is 10.9. The number of likely N-dealkylation sites (tertiary alicyclic amines) is 1. The van der Waals surface area contributed by atoms with E-state index in [1.807, 2.05) is 18.2 Å². The maximum absolute atomic E-state index is 8.96. The first-order valence-electron chi connectivity index (χ1n) is 6.67. The molecule has 1 fully saturated rings. The highest BCUT2D eigenvalue weighted by atomic mass is 16.5. The Hall–Kier alpha value is -1.53. The van der Waals surface area contributed by atoms with Crippen molar-refractivity contribution in [3.63, 3.8) is 0 Å². The van der Waals surface area contributed by atoms with E-state index < -0.39 is 0 Å². The van der Waals surface area contributed by atoms with Crippen LogP contribution in [-0.4, -0.2) is 31.1 Å². The smallest absolute Gasteiger partial charge is 0.137 e. The molecule has 3 nitrogen and oxygen atoms in total. The van der Waals surface area contributed by atoms with Crippen LogP contribution in [0, 0.1) is 17.2 Å². The third-order valence-electron chi connectivity index (χ3n) is 3.62. The predicted octanol–water partition coefficient (Wildman–Crippen LogP) is 2.67. The molecule has 1 heterocycles. The average molecular weight is 244 g/mol. The van der Waals surface area contributed by atoms with Crippen LogP contribution in [0.1, 0.15) is 25.3 Å². The van der Waals surface area contributed by atoms with Crippen LogP contribution in [0.15, 0.2) is 24.3 Å². The van der Waals surface area contributed by atoms with Gasteiger partial charge in [0.1, 0.15) is 18.4 Å². The molecule has 96 valence electrons. The van der Waals surface area contributed by atoms with Crippen molar-refractivity contribution >= 4 is 0 Å². The summed E-state index contributed by atoms with van der Waals surface area (Å²) in [7, 11) is 0. The molecule has 1 aliphatic rings. The zero-order valence-corrected chi connectivity index (χ0v) is 10.9. The Bertz CT molecular complexity index is 425. The van der Waals surface area contributed by atoms with Gasteiger partial charge < -0.3 is 4.74 Å². The third kappa shape index (κ3) is 3.24. The van der Waals surface area contributed by atoms with E-state index >= 15 is 0 Å². The molecule has 3 heteroatoms. The molecule has 0 aliphatic carbocycles. The van der Waals surface area contributed by atoms with Gasteiger partial charge >= 0.3 is 0 Å². The van der Waals surface area contributed by atoms with Crippen molar-refractivity contribution in [1.82, 2.24) is 4.90 Å². The third-order valence-corrected chi connectivity index (χ3v) is 3.62. The molecule has 1 saturated heterocycles. The maximum atomic E-state index is 8.96. The molecule has 1 unspecified atom stereocenters. The zero-order chi connectivity index (χ0) is 12.8. The first-order chi connectivity index (χ1) is 8.83. The van der Waals surface area contributed by atoms with E-state index in [4.69, 9.17) is 10.00 Å². The van der Waals surface area contributed by atoms with Crippen molar-refractivity contribution in [1.29, 1.82) is 5.26 Å². The Morgan fingerprint density at radius 1 is 1.44 bits per heavy atom. The molecule has 0 amide bonds. The van der Waals surface area contributed by atoms with Crippen LogP contribution in [-0.2, 0) is 0 Å². The summed E-state index contributed by atoms with van der Waals surface area (Å²) in [6, 6.07) is 9.56. The largest absolute Gasteiger partial charge is 0.491 e. The average Bonchev–Trinajstić information content (AvgIpc) is 2.87. The van der Waals surface area contributed by atoms with Gasteiger partial charge in [-0.2, -0.15) is 5.26 Å². The van der Waals surface area contributed by atoms with Crippen molar-refractivity contribution in [3.05, 3.63) is 29.8 Å². The molecule has 2 rings (SSSR count). The van der Waals surface area contributed by atoms with Gasteiger partial charge in [-0.1, -0.05) is 25.5 Å². The van der Waals surface area contributed by atoms with Crippen molar-refractivity contribution < 1.29 is 4.74 Å². The highest BCUT2D eigenvalue weighted by Crippen LogP contribution is 2.19. The number of para-hydroxylation sites is 1. The normalized spacial score (nSPS) is 19.7. The molecule has 0 spiro atoms. The molecule has 0 aromatic heterocycles. The van der Waals surface area contributed by atoms with Gasteiger partial charge in [-0.15, -0.1) is 0 Å². The molecule has 18 heavy (non-hydrogen) atoms. The summed E-state index contributed by atoms with van der Waals surface area (Å²) in [5.41, 5.74) is 0.616. The molecule has 0 bridgehead atoms. The molecular formula is C15H20N2O. The fourth-order valence-electron chi connectivity index (χ4n) is 2.42. The number of nitrogens with zero attached hydrogens (tertiary/aromatic N) is 2. The summed E-state index contributed by atoms with van der Waals surface area (Å²) in [6.07, 6.45) is 2.58. The molecule has 1 aromatic rings. The second-order valence-corrected chi connectivity index (χ2v) is 4.82. The van der Waals surface area contributed by atoms with Crippen LogP contribution in [0.4, 0.5) is 0 Å². The minimum atomic E-state index is 0.616. The Labute approximate surface area is 109 Å². The SMILES string of the molecule is CCC1CCN(CCOc2ccccc2C#N)C1. The van der Waals surface area contributed by atoms with Gasteiger partial charge in [-0.3, -0.25) is 4.90 Å². The topological polar surface area (TPSA) is 36.3 Å². The predicted molar refractivity (Wildman–Crippen MR) is 71.5 cm³/mol. The first-order valence-corrected chi connectivity index (χ1v) is 6.67. The van der Waals surface area contributed by atoms with Gasteiger partial charge in [0, 0.05) is 13.1 Å². The summed E-state index contributed by atoms with van der Waals surface area (Å²) >= 11 is 0. The maximum Gasteiger partial charge on any atom is 0.137 e. The highest BCUT2D eigenvalue weighted by Gasteiger charge is 2.20. The Morgan fingerprint density at radius 2 is 2.28 bits per heavy atom. The minimum absolute atomic E-state index is 0.616. The van der Waals surface area contributed by atoms with Crippen LogP contribution in [0.25, 0.3) is 0 Å². The van der Waals surface area contributed by atoms with Gasteiger partial charge in [0.2, 0.25) is 0 Å².